The van der Waals surface area contributed by atoms with Crippen molar-refractivity contribution in [1.29, 1.82) is 0 Å². The van der Waals surface area contributed by atoms with Crippen LogP contribution in [0.4, 0.5) is 5.69 Å². The van der Waals surface area contributed by atoms with Gasteiger partial charge in [-0.2, -0.15) is 0 Å². The van der Waals surface area contributed by atoms with Crippen molar-refractivity contribution in [1.82, 2.24) is 15.0 Å². The number of pyridine rings is 1. The van der Waals surface area contributed by atoms with E-state index in [4.69, 9.17) is 4.52 Å². The van der Waals surface area contributed by atoms with Gasteiger partial charge in [0.1, 0.15) is 0 Å². The summed E-state index contributed by atoms with van der Waals surface area (Å²) in [6, 6.07) is 5.11. The van der Waals surface area contributed by atoms with Crippen LogP contribution < -0.4 is 4.90 Å². The number of likely N-dealkylation sites (tertiary alicyclic amines) is 1. The lowest BCUT2D eigenvalue weighted by atomic mass is 10.1. The molecule has 0 unspecified atom stereocenters. The van der Waals surface area contributed by atoms with Gasteiger partial charge in [0.05, 0.1) is 30.2 Å². The van der Waals surface area contributed by atoms with E-state index in [2.05, 4.69) is 10.1 Å². The Balaban J connectivity index is 1.61. The van der Waals surface area contributed by atoms with Gasteiger partial charge in [0, 0.05) is 25.2 Å². The molecule has 0 bridgehead atoms. The fourth-order valence-electron chi connectivity index (χ4n) is 3.40. The second-order valence-corrected chi connectivity index (χ2v) is 5.48. The van der Waals surface area contributed by atoms with Crippen LogP contribution >= 0.6 is 0 Å². The third kappa shape index (κ3) is 1.89. The van der Waals surface area contributed by atoms with Crippen LogP contribution in [-0.2, 0) is 4.79 Å². The van der Waals surface area contributed by atoms with Gasteiger partial charge in [0.15, 0.2) is 0 Å². The minimum Gasteiger partial charge on any atom is -0.351 e. The van der Waals surface area contributed by atoms with Crippen LogP contribution in [0.1, 0.15) is 23.4 Å². The fraction of sp³-hybridized carbons (Fsp3) is 0.333. The molecule has 22 heavy (non-hydrogen) atoms. The van der Waals surface area contributed by atoms with Crippen molar-refractivity contribution in [2.75, 3.05) is 11.4 Å². The lowest BCUT2D eigenvalue weighted by Gasteiger charge is -2.24. The van der Waals surface area contributed by atoms with Gasteiger partial charge in [-0.05, 0) is 18.6 Å². The van der Waals surface area contributed by atoms with E-state index in [1.165, 1.54) is 6.20 Å². The zero-order valence-electron chi connectivity index (χ0n) is 11.8. The molecule has 0 aliphatic carbocycles. The highest BCUT2D eigenvalue weighted by Gasteiger charge is 2.49. The minimum absolute atomic E-state index is 0.00331. The largest absolute Gasteiger partial charge is 0.351 e. The van der Waals surface area contributed by atoms with Crippen LogP contribution in [0.2, 0.25) is 0 Å². The first-order valence-electron chi connectivity index (χ1n) is 7.19. The second-order valence-electron chi connectivity index (χ2n) is 5.48. The number of aromatic nitrogens is 2. The molecule has 2 fully saturated rings. The third-order valence-corrected chi connectivity index (χ3v) is 4.33. The zero-order valence-corrected chi connectivity index (χ0v) is 11.8. The third-order valence-electron chi connectivity index (χ3n) is 4.33. The van der Waals surface area contributed by atoms with Crippen LogP contribution in [0.15, 0.2) is 41.3 Å². The molecule has 2 saturated heterocycles. The van der Waals surface area contributed by atoms with Gasteiger partial charge < -0.3 is 14.3 Å². The maximum atomic E-state index is 12.5. The molecule has 0 N–H and O–H groups in total. The number of fused-ring (bicyclic) bond motifs is 1. The summed E-state index contributed by atoms with van der Waals surface area (Å²) in [5, 5.41) is 3.57. The highest BCUT2D eigenvalue weighted by molar-refractivity contribution is 5.99. The molecule has 2 atom stereocenters. The number of rotatable bonds is 2. The standard InChI is InChI=1S/C15H14N4O3/c20-14-8-12-11(19(14)10-2-1-5-16-9-10)4-7-18(12)15(21)13-3-6-17-22-13/h1-3,5-6,9,11-12H,4,7-8H2/t11-,12+/m1/s1. The molecule has 2 aliphatic heterocycles. The molecular weight excluding hydrogens is 284 g/mol. The molecule has 112 valence electrons. The predicted molar refractivity (Wildman–Crippen MR) is 76.1 cm³/mol. The van der Waals surface area contributed by atoms with E-state index in [1.54, 1.807) is 28.3 Å². The van der Waals surface area contributed by atoms with Crippen molar-refractivity contribution < 1.29 is 14.1 Å². The van der Waals surface area contributed by atoms with E-state index in [0.717, 1.165) is 12.1 Å². The summed E-state index contributed by atoms with van der Waals surface area (Å²) in [4.78, 5) is 32.4. The van der Waals surface area contributed by atoms with Crippen LogP contribution in [-0.4, -0.2) is 45.5 Å². The first kappa shape index (κ1) is 13.0. The summed E-state index contributed by atoms with van der Waals surface area (Å²) in [6.45, 7) is 0.610. The maximum absolute atomic E-state index is 12.5. The Hall–Kier alpha value is -2.70. The second kappa shape index (κ2) is 4.94. The summed E-state index contributed by atoms with van der Waals surface area (Å²) in [5.41, 5.74) is 0.786. The van der Waals surface area contributed by atoms with E-state index < -0.39 is 0 Å². The Morgan fingerprint density at radius 1 is 1.27 bits per heavy atom. The number of anilines is 1. The normalized spacial score (nSPS) is 23.9. The SMILES string of the molecule is O=C(c1ccno1)N1CC[C@@H]2[C@@H]1CC(=O)N2c1cccnc1. The molecule has 2 aromatic rings. The number of carbonyl (C=O) groups excluding carboxylic acids is 2. The average molecular weight is 298 g/mol. The summed E-state index contributed by atoms with van der Waals surface area (Å²) in [7, 11) is 0. The number of amides is 2. The number of hydrogen-bond donors (Lipinski definition) is 0. The first-order chi connectivity index (χ1) is 10.8. The quantitative estimate of drug-likeness (QED) is 0.829. The number of nitrogens with zero attached hydrogens (tertiary/aromatic N) is 4. The maximum Gasteiger partial charge on any atom is 0.292 e. The predicted octanol–water partition coefficient (Wildman–Crippen LogP) is 1.09. The molecule has 7 nitrogen and oxygen atoms in total. The van der Waals surface area contributed by atoms with E-state index in [1.807, 2.05) is 12.1 Å². The van der Waals surface area contributed by atoms with Gasteiger partial charge >= 0.3 is 0 Å². The summed E-state index contributed by atoms with van der Waals surface area (Å²) in [6.07, 6.45) is 5.89. The average Bonchev–Trinajstić information content (AvgIpc) is 3.23. The van der Waals surface area contributed by atoms with Crippen molar-refractivity contribution in [3.05, 3.63) is 42.5 Å². The van der Waals surface area contributed by atoms with Crippen molar-refractivity contribution in [3.63, 3.8) is 0 Å². The monoisotopic (exact) mass is 298 g/mol. The van der Waals surface area contributed by atoms with Crippen molar-refractivity contribution in [3.8, 4) is 0 Å². The topological polar surface area (TPSA) is 79.5 Å². The highest BCUT2D eigenvalue weighted by atomic mass is 16.5. The van der Waals surface area contributed by atoms with Crippen LogP contribution in [0.3, 0.4) is 0 Å². The molecule has 0 aromatic carbocycles. The van der Waals surface area contributed by atoms with Gasteiger partial charge in [-0.25, -0.2) is 0 Å². The first-order valence-corrected chi connectivity index (χ1v) is 7.19. The van der Waals surface area contributed by atoms with Crippen molar-refractivity contribution in [2.45, 2.75) is 24.9 Å². The van der Waals surface area contributed by atoms with Gasteiger partial charge in [-0.15, -0.1) is 0 Å². The van der Waals surface area contributed by atoms with Crippen LogP contribution in [0.25, 0.3) is 0 Å². The van der Waals surface area contributed by atoms with E-state index in [0.29, 0.717) is 13.0 Å². The van der Waals surface area contributed by atoms with Crippen molar-refractivity contribution >= 4 is 17.5 Å². The molecule has 0 spiro atoms. The smallest absolute Gasteiger partial charge is 0.292 e. The lowest BCUT2D eigenvalue weighted by molar-refractivity contribution is -0.117. The number of carbonyl (C=O) groups is 2. The molecule has 0 saturated carbocycles. The Morgan fingerprint density at radius 2 is 2.18 bits per heavy atom. The minimum atomic E-state index is -0.203. The Bertz CT molecular complexity index is 701. The molecular formula is C15H14N4O3. The van der Waals surface area contributed by atoms with Gasteiger partial charge in [-0.3, -0.25) is 14.6 Å². The Kier molecular flexibility index (Phi) is 2.92. The van der Waals surface area contributed by atoms with Gasteiger partial charge in [0.2, 0.25) is 11.7 Å². The summed E-state index contributed by atoms with van der Waals surface area (Å²) >= 11 is 0. The van der Waals surface area contributed by atoms with Gasteiger partial charge in [0.25, 0.3) is 5.91 Å². The molecule has 2 amide bonds. The molecule has 4 rings (SSSR count). The van der Waals surface area contributed by atoms with Crippen LogP contribution in [0, 0.1) is 0 Å². The fourth-order valence-corrected chi connectivity index (χ4v) is 3.40. The molecule has 0 radical (unpaired) electrons. The zero-order chi connectivity index (χ0) is 15.1. The van der Waals surface area contributed by atoms with Gasteiger partial charge in [-0.1, -0.05) is 5.16 Å². The number of hydrogen-bond acceptors (Lipinski definition) is 5. The van der Waals surface area contributed by atoms with Crippen molar-refractivity contribution in [2.24, 2.45) is 0 Å². The molecule has 2 aliphatic rings. The molecule has 2 aromatic heterocycles. The van der Waals surface area contributed by atoms with E-state index in [-0.39, 0.29) is 29.7 Å². The Morgan fingerprint density at radius 3 is 2.91 bits per heavy atom. The lowest BCUT2D eigenvalue weighted by Crippen LogP contribution is -2.39. The van der Waals surface area contributed by atoms with Crippen LogP contribution in [0.5, 0.6) is 0 Å². The Labute approximate surface area is 126 Å². The van der Waals surface area contributed by atoms with E-state index in [9.17, 15) is 9.59 Å². The molecule has 7 heteroatoms. The van der Waals surface area contributed by atoms with E-state index >= 15 is 0 Å². The highest BCUT2D eigenvalue weighted by Crippen LogP contribution is 2.36. The summed E-state index contributed by atoms with van der Waals surface area (Å²) < 4.78 is 4.94. The summed E-state index contributed by atoms with van der Waals surface area (Å²) in [5.74, 6) is 0.0387. The molecule has 4 heterocycles.